The fourth-order valence-electron chi connectivity index (χ4n) is 3.34. The smallest absolute Gasteiger partial charge is 0.257 e. The molecule has 0 saturated carbocycles. The molecule has 0 saturated heterocycles. The lowest BCUT2D eigenvalue weighted by Crippen LogP contribution is -2.25. The minimum atomic E-state index is -0.301. The molecule has 9 nitrogen and oxygen atoms in total. The Balaban J connectivity index is 1.66. The van der Waals surface area contributed by atoms with Gasteiger partial charge in [-0.3, -0.25) is 9.78 Å². The normalized spacial score (nSPS) is 10.7. The zero-order valence-corrected chi connectivity index (χ0v) is 18.9. The SMILES string of the molecule is COc1ccc(CNC(=O)c2cc(-c3cncc(C)c3)cnc2-n2ccc(C)n2)nc1OC. The molecule has 0 aliphatic carbocycles. The molecule has 4 heterocycles. The van der Waals surface area contributed by atoms with E-state index in [4.69, 9.17) is 9.47 Å². The summed E-state index contributed by atoms with van der Waals surface area (Å²) in [6.07, 6.45) is 7.02. The monoisotopic (exact) mass is 444 g/mol. The maximum Gasteiger partial charge on any atom is 0.257 e. The lowest BCUT2D eigenvalue weighted by atomic mass is 10.1. The zero-order valence-electron chi connectivity index (χ0n) is 18.9. The number of nitrogens with one attached hydrogen (secondary N) is 1. The molecule has 0 fully saturated rings. The van der Waals surface area contributed by atoms with Crippen molar-refractivity contribution in [2.24, 2.45) is 0 Å². The van der Waals surface area contributed by atoms with E-state index in [2.05, 4.69) is 25.4 Å². The standard InChI is InChI=1S/C24H24N6O3/c1-15-9-17(12-25-11-15)18-10-20(22(26-13-18)30-8-7-16(2)29-30)23(31)27-14-19-5-6-21(32-3)24(28-19)33-4/h5-13H,14H2,1-4H3,(H,27,31). The highest BCUT2D eigenvalue weighted by molar-refractivity contribution is 5.98. The maximum atomic E-state index is 13.3. The minimum absolute atomic E-state index is 0.201. The first-order chi connectivity index (χ1) is 16.0. The van der Waals surface area contributed by atoms with E-state index >= 15 is 0 Å². The van der Waals surface area contributed by atoms with Crippen molar-refractivity contribution in [2.45, 2.75) is 20.4 Å². The van der Waals surface area contributed by atoms with Crippen LogP contribution in [0.3, 0.4) is 0 Å². The number of aromatic nitrogens is 5. The lowest BCUT2D eigenvalue weighted by molar-refractivity contribution is 0.0950. The van der Waals surface area contributed by atoms with Gasteiger partial charge in [-0.05, 0) is 49.7 Å². The highest BCUT2D eigenvalue weighted by Gasteiger charge is 2.18. The van der Waals surface area contributed by atoms with E-state index < -0.39 is 0 Å². The molecule has 0 aliphatic heterocycles. The van der Waals surface area contributed by atoms with E-state index in [1.165, 1.54) is 7.11 Å². The van der Waals surface area contributed by atoms with Crippen LogP contribution < -0.4 is 14.8 Å². The fraction of sp³-hybridized carbons (Fsp3) is 0.208. The number of hydrogen-bond acceptors (Lipinski definition) is 7. The van der Waals surface area contributed by atoms with Crippen molar-refractivity contribution in [3.63, 3.8) is 0 Å². The number of ether oxygens (including phenoxy) is 2. The highest BCUT2D eigenvalue weighted by Crippen LogP contribution is 2.25. The van der Waals surface area contributed by atoms with E-state index in [-0.39, 0.29) is 12.5 Å². The number of carbonyl (C=O) groups excluding carboxylic acids is 1. The predicted octanol–water partition coefficient (Wildman–Crippen LogP) is 3.29. The second kappa shape index (κ2) is 9.47. The number of amides is 1. The van der Waals surface area contributed by atoms with Crippen LogP contribution in [0.1, 0.15) is 27.3 Å². The van der Waals surface area contributed by atoms with Crippen LogP contribution in [-0.4, -0.2) is 44.9 Å². The Morgan fingerprint density at radius 1 is 1.03 bits per heavy atom. The molecule has 4 aromatic heterocycles. The fourth-order valence-corrected chi connectivity index (χ4v) is 3.34. The average molecular weight is 444 g/mol. The molecule has 168 valence electrons. The predicted molar refractivity (Wildman–Crippen MR) is 123 cm³/mol. The lowest BCUT2D eigenvalue weighted by Gasteiger charge is -2.12. The number of nitrogens with zero attached hydrogens (tertiary/aromatic N) is 5. The Labute approximate surface area is 191 Å². The number of hydrogen-bond donors (Lipinski definition) is 1. The molecule has 0 radical (unpaired) electrons. The maximum absolute atomic E-state index is 13.3. The molecule has 33 heavy (non-hydrogen) atoms. The Morgan fingerprint density at radius 3 is 2.55 bits per heavy atom. The summed E-state index contributed by atoms with van der Waals surface area (Å²) in [5.74, 6) is 1.01. The number of carbonyl (C=O) groups is 1. The molecule has 4 aromatic rings. The molecule has 1 N–H and O–H groups in total. The number of pyridine rings is 3. The topological polar surface area (TPSA) is 104 Å². The van der Waals surface area contributed by atoms with Crippen molar-refractivity contribution >= 4 is 5.91 Å². The largest absolute Gasteiger partial charge is 0.491 e. The summed E-state index contributed by atoms with van der Waals surface area (Å²) >= 11 is 0. The quantitative estimate of drug-likeness (QED) is 0.466. The Morgan fingerprint density at radius 2 is 1.85 bits per heavy atom. The summed E-state index contributed by atoms with van der Waals surface area (Å²) < 4.78 is 12.1. The number of aryl methyl sites for hydroxylation is 2. The Kier molecular flexibility index (Phi) is 6.30. The van der Waals surface area contributed by atoms with E-state index in [0.717, 1.165) is 22.4 Å². The molecule has 9 heteroatoms. The van der Waals surface area contributed by atoms with Crippen molar-refractivity contribution in [3.8, 4) is 28.6 Å². The van der Waals surface area contributed by atoms with Crippen molar-refractivity contribution < 1.29 is 14.3 Å². The molecule has 1 amide bonds. The molecular weight excluding hydrogens is 420 g/mol. The van der Waals surface area contributed by atoms with Crippen LogP contribution in [0.5, 0.6) is 11.6 Å². The summed E-state index contributed by atoms with van der Waals surface area (Å²) in [5, 5.41) is 7.34. The second-order valence-corrected chi connectivity index (χ2v) is 7.44. The van der Waals surface area contributed by atoms with Gasteiger partial charge in [-0.25, -0.2) is 14.6 Å². The van der Waals surface area contributed by atoms with Gasteiger partial charge in [0.1, 0.15) is 0 Å². The second-order valence-electron chi connectivity index (χ2n) is 7.44. The summed E-state index contributed by atoms with van der Waals surface area (Å²) in [6.45, 7) is 4.05. The summed E-state index contributed by atoms with van der Waals surface area (Å²) in [7, 11) is 3.06. The summed E-state index contributed by atoms with van der Waals surface area (Å²) in [5.41, 5.74) is 4.52. The molecule has 0 spiro atoms. The van der Waals surface area contributed by atoms with Crippen molar-refractivity contribution in [2.75, 3.05) is 14.2 Å². The average Bonchev–Trinajstić information content (AvgIpc) is 3.28. The van der Waals surface area contributed by atoms with Gasteiger partial charge in [0.05, 0.1) is 37.7 Å². The third-order valence-electron chi connectivity index (χ3n) is 4.99. The van der Waals surface area contributed by atoms with Crippen molar-refractivity contribution in [3.05, 3.63) is 77.6 Å². The van der Waals surface area contributed by atoms with Crippen LogP contribution in [0.4, 0.5) is 0 Å². The summed E-state index contributed by atoms with van der Waals surface area (Å²) in [4.78, 5) is 26.4. The number of rotatable bonds is 7. The molecule has 0 aliphatic rings. The van der Waals surface area contributed by atoms with E-state index in [1.807, 2.05) is 26.0 Å². The van der Waals surface area contributed by atoms with E-state index in [1.54, 1.807) is 54.8 Å². The van der Waals surface area contributed by atoms with Gasteiger partial charge in [-0.2, -0.15) is 5.10 Å². The first-order valence-electron chi connectivity index (χ1n) is 10.3. The van der Waals surface area contributed by atoms with Crippen LogP contribution in [0, 0.1) is 13.8 Å². The molecule has 0 atom stereocenters. The first-order valence-corrected chi connectivity index (χ1v) is 10.3. The van der Waals surface area contributed by atoms with Crippen LogP contribution in [0.25, 0.3) is 16.9 Å². The number of methoxy groups -OCH3 is 2. The van der Waals surface area contributed by atoms with Gasteiger partial charge in [0.2, 0.25) is 0 Å². The van der Waals surface area contributed by atoms with Gasteiger partial charge in [0.25, 0.3) is 11.8 Å². The minimum Gasteiger partial charge on any atom is -0.491 e. The summed E-state index contributed by atoms with van der Waals surface area (Å²) in [6, 6.07) is 9.17. The van der Waals surface area contributed by atoms with Gasteiger partial charge < -0.3 is 14.8 Å². The molecule has 4 rings (SSSR count). The van der Waals surface area contributed by atoms with E-state index in [9.17, 15) is 4.79 Å². The van der Waals surface area contributed by atoms with Gasteiger partial charge in [0.15, 0.2) is 11.6 Å². The Bertz CT molecular complexity index is 1300. The van der Waals surface area contributed by atoms with Crippen molar-refractivity contribution in [1.29, 1.82) is 0 Å². The highest BCUT2D eigenvalue weighted by atomic mass is 16.5. The van der Waals surface area contributed by atoms with E-state index in [0.29, 0.717) is 28.7 Å². The van der Waals surface area contributed by atoms with Gasteiger partial charge in [0, 0.05) is 35.9 Å². The third kappa shape index (κ3) is 4.82. The van der Waals surface area contributed by atoms with Gasteiger partial charge in [-0.15, -0.1) is 0 Å². The molecule has 0 bridgehead atoms. The molecule has 0 aromatic carbocycles. The first kappa shape index (κ1) is 21.9. The van der Waals surface area contributed by atoms with Crippen molar-refractivity contribution in [1.82, 2.24) is 30.0 Å². The molecule has 0 unspecified atom stereocenters. The van der Waals surface area contributed by atoms with Gasteiger partial charge in [-0.1, -0.05) is 0 Å². The van der Waals surface area contributed by atoms with Gasteiger partial charge >= 0.3 is 0 Å². The third-order valence-corrected chi connectivity index (χ3v) is 4.99. The van der Waals surface area contributed by atoms with Crippen LogP contribution in [0.15, 0.2) is 55.1 Å². The van der Waals surface area contributed by atoms with Crippen LogP contribution in [-0.2, 0) is 6.54 Å². The molecular formula is C24H24N6O3. The Hall–Kier alpha value is -4.27. The van der Waals surface area contributed by atoms with Crippen LogP contribution in [0.2, 0.25) is 0 Å². The van der Waals surface area contributed by atoms with Crippen LogP contribution >= 0.6 is 0 Å². The zero-order chi connectivity index (χ0) is 23.4.